The van der Waals surface area contributed by atoms with Gasteiger partial charge in [-0.3, -0.25) is 9.59 Å². The number of ether oxygens (including phenoxy) is 1. The van der Waals surface area contributed by atoms with E-state index in [9.17, 15) is 9.59 Å². The van der Waals surface area contributed by atoms with Crippen molar-refractivity contribution < 1.29 is 14.3 Å². The predicted octanol–water partition coefficient (Wildman–Crippen LogP) is 1.77. The Kier molecular flexibility index (Phi) is 5.51. The Morgan fingerprint density at radius 3 is 2.45 bits per heavy atom. The molecule has 8 nitrogen and oxygen atoms in total. The first-order valence-corrected chi connectivity index (χ1v) is 10.2. The minimum atomic E-state index is -0.199. The zero-order valence-corrected chi connectivity index (χ0v) is 16.9. The highest BCUT2D eigenvalue weighted by atomic mass is 16.5. The van der Waals surface area contributed by atoms with Gasteiger partial charge in [-0.25, -0.2) is 4.68 Å². The molecule has 1 aliphatic heterocycles. The summed E-state index contributed by atoms with van der Waals surface area (Å²) in [5.74, 6) is 1.14. The first-order chi connectivity index (χ1) is 14.0. The molecule has 0 atom stereocenters. The number of aromatic nitrogens is 3. The van der Waals surface area contributed by atoms with E-state index in [1.807, 2.05) is 36.1 Å². The van der Waals surface area contributed by atoms with Gasteiger partial charge in [0.1, 0.15) is 5.75 Å². The van der Waals surface area contributed by atoms with Gasteiger partial charge in [-0.2, -0.15) is 0 Å². The molecule has 0 radical (unpaired) electrons. The van der Waals surface area contributed by atoms with E-state index in [0.29, 0.717) is 25.3 Å². The number of carbonyl (C=O) groups is 2. The molecule has 0 unspecified atom stereocenters. The SMILES string of the molecule is COc1ccc(Cn2nnc(C(=O)NC3CCN(C(=O)C4CC4)CC3)c2C)cc1. The van der Waals surface area contributed by atoms with Crippen molar-refractivity contribution in [1.29, 1.82) is 0 Å². The van der Waals surface area contributed by atoms with Crippen molar-refractivity contribution >= 4 is 11.8 Å². The van der Waals surface area contributed by atoms with Crippen LogP contribution < -0.4 is 10.1 Å². The molecule has 2 aromatic rings. The standard InChI is InChI=1S/C21H27N5O3/c1-14-19(23-24-26(14)13-15-3-7-18(29-2)8-4-15)20(27)22-17-9-11-25(12-10-17)21(28)16-5-6-16/h3-4,7-8,16-17H,5-6,9-13H2,1-2H3,(H,22,27). The van der Waals surface area contributed by atoms with Crippen molar-refractivity contribution in [3.8, 4) is 5.75 Å². The first-order valence-electron chi connectivity index (χ1n) is 10.2. The number of likely N-dealkylation sites (tertiary alicyclic amines) is 1. The monoisotopic (exact) mass is 397 g/mol. The van der Waals surface area contributed by atoms with Crippen molar-refractivity contribution in [2.24, 2.45) is 5.92 Å². The van der Waals surface area contributed by atoms with E-state index >= 15 is 0 Å². The number of nitrogens with zero attached hydrogens (tertiary/aromatic N) is 4. The number of methoxy groups -OCH3 is 1. The molecule has 1 aromatic heterocycles. The molecule has 2 fully saturated rings. The van der Waals surface area contributed by atoms with Crippen molar-refractivity contribution in [2.75, 3.05) is 20.2 Å². The fraction of sp³-hybridized carbons (Fsp3) is 0.524. The predicted molar refractivity (Wildman–Crippen MR) is 107 cm³/mol. The van der Waals surface area contributed by atoms with Crippen LogP contribution in [0, 0.1) is 12.8 Å². The van der Waals surface area contributed by atoms with Crippen molar-refractivity contribution in [3.63, 3.8) is 0 Å². The second-order valence-electron chi connectivity index (χ2n) is 7.88. The molecule has 4 rings (SSSR count). The van der Waals surface area contributed by atoms with Crippen LogP contribution in [0.3, 0.4) is 0 Å². The van der Waals surface area contributed by atoms with E-state index in [1.165, 1.54) is 0 Å². The summed E-state index contributed by atoms with van der Waals surface area (Å²) < 4.78 is 6.91. The number of amides is 2. The summed E-state index contributed by atoms with van der Waals surface area (Å²) in [5, 5.41) is 11.3. The van der Waals surface area contributed by atoms with Crippen LogP contribution >= 0.6 is 0 Å². The van der Waals surface area contributed by atoms with Crippen LogP contribution in [-0.2, 0) is 11.3 Å². The Morgan fingerprint density at radius 2 is 1.83 bits per heavy atom. The van der Waals surface area contributed by atoms with Gasteiger partial charge in [-0.15, -0.1) is 5.10 Å². The number of rotatable bonds is 6. The van der Waals surface area contributed by atoms with Gasteiger partial charge in [-0.05, 0) is 50.3 Å². The van der Waals surface area contributed by atoms with Gasteiger partial charge in [0.15, 0.2) is 5.69 Å². The normalized spacial score (nSPS) is 17.2. The molecule has 2 heterocycles. The molecule has 1 aliphatic carbocycles. The lowest BCUT2D eigenvalue weighted by Gasteiger charge is -2.32. The molecule has 0 spiro atoms. The highest BCUT2D eigenvalue weighted by molar-refractivity contribution is 5.93. The number of benzene rings is 1. The molecule has 1 N–H and O–H groups in total. The molecule has 1 aromatic carbocycles. The molecular weight excluding hydrogens is 370 g/mol. The smallest absolute Gasteiger partial charge is 0.273 e. The number of nitrogens with one attached hydrogen (secondary N) is 1. The van der Waals surface area contributed by atoms with Gasteiger partial charge in [0.25, 0.3) is 5.91 Å². The summed E-state index contributed by atoms with van der Waals surface area (Å²) in [6.45, 7) is 3.82. The molecule has 1 saturated heterocycles. The van der Waals surface area contributed by atoms with E-state index in [0.717, 1.165) is 42.7 Å². The van der Waals surface area contributed by atoms with Gasteiger partial charge < -0.3 is 15.0 Å². The largest absolute Gasteiger partial charge is 0.497 e. The topological polar surface area (TPSA) is 89.3 Å². The maximum atomic E-state index is 12.7. The number of carbonyl (C=O) groups excluding carboxylic acids is 2. The molecule has 154 valence electrons. The quantitative estimate of drug-likeness (QED) is 0.803. The average molecular weight is 397 g/mol. The lowest BCUT2D eigenvalue weighted by atomic mass is 10.0. The number of piperidine rings is 1. The molecular formula is C21H27N5O3. The Balaban J connectivity index is 1.32. The van der Waals surface area contributed by atoms with Crippen LogP contribution in [0.25, 0.3) is 0 Å². The summed E-state index contributed by atoms with van der Waals surface area (Å²) in [5.41, 5.74) is 2.15. The van der Waals surface area contributed by atoms with E-state index in [-0.39, 0.29) is 23.8 Å². The van der Waals surface area contributed by atoms with Crippen LogP contribution in [-0.4, -0.2) is 57.9 Å². The second kappa shape index (κ2) is 8.23. The molecule has 8 heteroatoms. The van der Waals surface area contributed by atoms with E-state index in [4.69, 9.17) is 4.74 Å². The maximum absolute atomic E-state index is 12.7. The summed E-state index contributed by atoms with van der Waals surface area (Å²) in [4.78, 5) is 26.8. The Morgan fingerprint density at radius 1 is 1.14 bits per heavy atom. The van der Waals surface area contributed by atoms with Crippen molar-refractivity contribution in [1.82, 2.24) is 25.2 Å². The molecule has 1 saturated carbocycles. The van der Waals surface area contributed by atoms with Gasteiger partial charge in [0, 0.05) is 25.0 Å². The zero-order chi connectivity index (χ0) is 20.4. The van der Waals surface area contributed by atoms with Crippen LogP contribution in [0.2, 0.25) is 0 Å². The summed E-state index contributed by atoms with van der Waals surface area (Å²) in [7, 11) is 1.64. The van der Waals surface area contributed by atoms with Gasteiger partial charge >= 0.3 is 0 Å². The third-order valence-corrected chi connectivity index (χ3v) is 5.76. The van der Waals surface area contributed by atoms with Gasteiger partial charge in [0.2, 0.25) is 5.91 Å². The fourth-order valence-electron chi connectivity index (χ4n) is 3.71. The lowest BCUT2D eigenvalue weighted by Crippen LogP contribution is -2.47. The third kappa shape index (κ3) is 4.41. The second-order valence-corrected chi connectivity index (χ2v) is 7.88. The third-order valence-electron chi connectivity index (χ3n) is 5.76. The maximum Gasteiger partial charge on any atom is 0.273 e. The van der Waals surface area contributed by atoms with Crippen LogP contribution in [0.1, 0.15) is 47.4 Å². The van der Waals surface area contributed by atoms with Gasteiger partial charge in [-0.1, -0.05) is 17.3 Å². The van der Waals surface area contributed by atoms with Crippen LogP contribution in [0.4, 0.5) is 0 Å². The first kappa shape index (κ1) is 19.4. The molecule has 29 heavy (non-hydrogen) atoms. The van der Waals surface area contributed by atoms with Crippen molar-refractivity contribution in [3.05, 3.63) is 41.2 Å². The Hall–Kier alpha value is -2.90. The Bertz CT molecular complexity index is 880. The number of hydrogen-bond acceptors (Lipinski definition) is 5. The van der Waals surface area contributed by atoms with E-state index in [1.54, 1.807) is 11.8 Å². The molecule has 2 amide bonds. The minimum absolute atomic E-state index is 0.0666. The van der Waals surface area contributed by atoms with Crippen LogP contribution in [0.15, 0.2) is 24.3 Å². The highest BCUT2D eigenvalue weighted by Gasteiger charge is 2.35. The van der Waals surface area contributed by atoms with Crippen LogP contribution in [0.5, 0.6) is 5.75 Å². The molecule has 0 bridgehead atoms. The molecule has 2 aliphatic rings. The van der Waals surface area contributed by atoms with E-state index in [2.05, 4.69) is 15.6 Å². The average Bonchev–Trinajstić information content (AvgIpc) is 3.53. The zero-order valence-electron chi connectivity index (χ0n) is 16.9. The lowest BCUT2D eigenvalue weighted by molar-refractivity contribution is -0.133. The number of hydrogen-bond donors (Lipinski definition) is 1. The minimum Gasteiger partial charge on any atom is -0.497 e. The Labute approximate surface area is 170 Å². The summed E-state index contributed by atoms with van der Waals surface area (Å²) in [6.07, 6.45) is 3.62. The van der Waals surface area contributed by atoms with E-state index < -0.39 is 0 Å². The van der Waals surface area contributed by atoms with Crippen molar-refractivity contribution in [2.45, 2.75) is 45.2 Å². The summed E-state index contributed by atoms with van der Waals surface area (Å²) >= 11 is 0. The van der Waals surface area contributed by atoms with Gasteiger partial charge in [0.05, 0.1) is 19.3 Å². The summed E-state index contributed by atoms with van der Waals surface area (Å²) in [6, 6.07) is 7.80. The highest BCUT2D eigenvalue weighted by Crippen LogP contribution is 2.31. The fourth-order valence-corrected chi connectivity index (χ4v) is 3.71.